The number of ketones is 1. The molecule has 4 aliphatic rings. The Balaban J connectivity index is 1.74. The number of aliphatic hydroxyl groups excluding tert-OH is 2. The van der Waals surface area contributed by atoms with Gasteiger partial charge in [0.2, 0.25) is 0 Å². The third-order valence-electron chi connectivity index (χ3n) is 8.45. The highest BCUT2D eigenvalue weighted by Gasteiger charge is 2.61. The molecule has 5 nitrogen and oxygen atoms in total. The molecule has 0 radical (unpaired) electrons. The van der Waals surface area contributed by atoms with Crippen LogP contribution in [0.4, 0.5) is 0 Å². The number of hydrogen-bond acceptors (Lipinski definition) is 4. The highest BCUT2D eigenvalue weighted by Crippen LogP contribution is 2.66. The molecule has 4 rings (SSSR count). The fourth-order valence-corrected chi connectivity index (χ4v) is 7.15. The first-order valence-electron chi connectivity index (χ1n) is 10.1. The summed E-state index contributed by atoms with van der Waals surface area (Å²) in [5.74, 6) is 0.240. The van der Waals surface area contributed by atoms with Crippen LogP contribution >= 0.6 is 0 Å². The van der Waals surface area contributed by atoms with Crippen molar-refractivity contribution >= 4 is 11.8 Å². The molecule has 0 saturated heterocycles. The van der Waals surface area contributed by atoms with Gasteiger partial charge in [0, 0.05) is 12.8 Å². The summed E-state index contributed by atoms with van der Waals surface area (Å²) in [5, 5.41) is 30.8. The van der Waals surface area contributed by atoms with Gasteiger partial charge in [0.25, 0.3) is 0 Å². The molecule has 5 heteroatoms. The Morgan fingerprint density at radius 1 is 1.19 bits per heavy atom. The predicted octanol–water partition coefficient (Wildman–Crippen LogP) is 2.69. The van der Waals surface area contributed by atoms with Gasteiger partial charge >= 0.3 is 5.97 Å². The third kappa shape index (κ3) is 2.50. The van der Waals surface area contributed by atoms with Crippen molar-refractivity contribution in [2.45, 2.75) is 76.9 Å². The molecule has 0 heterocycles. The van der Waals surface area contributed by atoms with Crippen LogP contribution in [0.1, 0.15) is 64.7 Å². The normalized spacial score (nSPS) is 47.6. The molecule has 0 bridgehead atoms. The first-order chi connectivity index (χ1) is 12.3. The van der Waals surface area contributed by atoms with Gasteiger partial charge in [0.1, 0.15) is 0 Å². The molecule has 0 aliphatic heterocycles. The van der Waals surface area contributed by atoms with Crippen molar-refractivity contribution < 1.29 is 24.9 Å². The largest absolute Gasteiger partial charge is 0.481 e. The van der Waals surface area contributed by atoms with E-state index in [1.807, 2.05) is 0 Å². The van der Waals surface area contributed by atoms with Crippen LogP contribution in [-0.4, -0.2) is 39.3 Å². The summed E-state index contributed by atoms with van der Waals surface area (Å²) in [7, 11) is 0. The Kier molecular flexibility index (Phi) is 4.31. The summed E-state index contributed by atoms with van der Waals surface area (Å²) < 4.78 is 0. The molecule has 0 spiro atoms. The number of carbonyl (C=O) groups is 2. The van der Waals surface area contributed by atoms with Crippen LogP contribution in [0.2, 0.25) is 0 Å². The lowest BCUT2D eigenvalue weighted by Crippen LogP contribution is -2.55. The molecular weight excluding hydrogens is 332 g/mol. The van der Waals surface area contributed by atoms with E-state index in [2.05, 4.69) is 6.92 Å². The van der Waals surface area contributed by atoms with E-state index in [1.165, 1.54) is 0 Å². The lowest BCUT2D eigenvalue weighted by atomic mass is 9.45. The molecule has 3 N–H and O–H groups in total. The second-order valence-corrected chi connectivity index (χ2v) is 9.38. The van der Waals surface area contributed by atoms with E-state index in [1.54, 1.807) is 6.08 Å². The van der Waals surface area contributed by atoms with Gasteiger partial charge in [-0.3, -0.25) is 9.59 Å². The average Bonchev–Trinajstić information content (AvgIpc) is 2.90. The Morgan fingerprint density at radius 3 is 2.69 bits per heavy atom. The average molecular weight is 362 g/mol. The number of rotatable bonds is 3. The molecule has 0 aromatic rings. The van der Waals surface area contributed by atoms with Crippen LogP contribution in [0.3, 0.4) is 0 Å². The van der Waals surface area contributed by atoms with Gasteiger partial charge in [-0.15, -0.1) is 0 Å². The second-order valence-electron chi connectivity index (χ2n) is 9.38. The molecule has 26 heavy (non-hydrogen) atoms. The standard InChI is InChI=1S/C21H30O5/c1-20-7-5-15-13(14(20)2-3-18(20)24)11-17(23)16-10-12(22)4-8-21(15,16)9-6-19(25)26/h10,13-15,17-18,23-24H,2-9,11H2,1H3,(H,25,26)/t13-,14-,15-,17?,18-,20-,21-/m0/s1. The molecule has 4 aliphatic carbocycles. The number of aliphatic carboxylic acids is 1. The zero-order chi connectivity index (χ0) is 18.7. The Labute approximate surface area is 154 Å². The quantitative estimate of drug-likeness (QED) is 0.717. The zero-order valence-electron chi connectivity index (χ0n) is 15.5. The van der Waals surface area contributed by atoms with E-state index >= 15 is 0 Å². The van der Waals surface area contributed by atoms with Crippen LogP contribution in [0.15, 0.2) is 11.6 Å². The summed E-state index contributed by atoms with van der Waals surface area (Å²) in [5.41, 5.74) is 0.364. The summed E-state index contributed by atoms with van der Waals surface area (Å²) in [4.78, 5) is 23.4. The van der Waals surface area contributed by atoms with Crippen molar-refractivity contribution in [1.29, 1.82) is 0 Å². The highest BCUT2D eigenvalue weighted by atomic mass is 16.4. The molecule has 7 atom stereocenters. The number of hydrogen-bond donors (Lipinski definition) is 3. The lowest BCUT2D eigenvalue weighted by molar-refractivity contribution is -0.139. The number of carboxylic acids is 1. The first kappa shape index (κ1) is 18.2. The smallest absolute Gasteiger partial charge is 0.303 e. The van der Waals surface area contributed by atoms with Crippen LogP contribution in [0.5, 0.6) is 0 Å². The number of fused-ring (bicyclic) bond motifs is 5. The molecule has 0 aromatic carbocycles. The summed E-state index contributed by atoms with van der Waals surface area (Å²) in [6.07, 6.45) is 6.74. The van der Waals surface area contributed by atoms with Gasteiger partial charge in [-0.25, -0.2) is 0 Å². The van der Waals surface area contributed by atoms with Crippen molar-refractivity contribution in [3.8, 4) is 0 Å². The maximum atomic E-state index is 12.0. The summed E-state index contributed by atoms with van der Waals surface area (Å²) in [6.45, 7) is 2.19. The first-order valence-corrected chi connectivity index (χ1v) is 10.1. The van der Waals surface area contributed by atoms with Crippen LogP contribution in [0, 0.1) is 28.6 Å². The Morgan fingerprint density at radius 2 is 1.96 bits per heavy atom. The third-order valence-corrected chi connectivity index (χ3v) is 8.45. The van der Waals surface area contributed by atoms with E-state index in [0.29, 0.717) is 43.4 Å². The van der Waals surface area contributed by atoms with Crippen molar-refractivity contribution in [3.05, 3.63) is 11.6 Å². The van der Waals surface area contributed by atoms with Gasteiger partial charge < -0.3 is 15.3 Å². The van der Waals surface area contributed by atoms with E-state index in [9.17, 15) is 24.9 Å². The molecule has 0 amide bonds. The number of carboxylic acid groups (broad SMARTS) is 1. The van der Waals surface area contributed by atoms with Gasteiger partial charge in [-0.1, -0.05) is 6.92 Å². The number of aliphatic hydroxyl groups is 2. The minimum Gasteiger partial charge on any atom is -0.481 e. The van der Waals surface area contributed by atoms with Crippen molar-refractivity contribution in [1.82, 2.24) is 0 Å². The molecule has 0 aromatic heterocycles. The summed E-state index contributed by atoms with van der Waals surface area (Å²) in [6, 6.07) is 0. The molecule has 144 valence electrons. The van der Waals surface area contributed by atoms with Gasteiger partial charge in [-0.2, -0.15) is 0 Å². The topological polar surface area (TPSA) is 94.8 Å². The molecule has 3 saturated carbocycles. The van der Waals surface area contributed by atoms with E-state index in [-0.39, 0.29) is 29.1 Å². The van der Waals surface area contributed by atoms with Gasteiger partial charge in [0.15, 0.2) is 5.78 Å². The molecule has 1 unspecified atom stereocenters. The van der Waals surface area contributed by atoms with Gasteiger partial charge in [0.05, 0.1) is 12.2 Å². The zero-order valence-corrected chi connectivity index (χ0v) is 15.5. The minimum atomic E-state index is -0.816. The van der Waals surface area contributed by atoms with Gasteiger partial charge in [-0.05, 0) is 85.2 Å². The number of carbonyl (C=O) groups excluding carboxylic acids is 1. The predicted molar refractivity (Wildman–Crippen MR) is 95.3 cm³/mol. The SMILES string of the molecule is C[C@]12CC[C@H]3[C@@H](CC(O)C4=CC(=O)CC[C@@]43CCC(=O)O)[C@@H]1CC[C@@H]2O. The fourth-order valence-electron chi connectivity index (χ4n) is 7.15. The van der Waals surface area contributed by atoms with Crippen LogP contribution < -0.4 is 0 Å². The lowest BCUT2D eigenvalue weighted by Gasteiger charge is -2.59. The van der Waals surface area contributed by atoms with E-state index in [0.717, 1.165) is 31.3 Å². The maximum Gasteiger partial charge on any atom is 0.303 e. The summed E-state index contributed by atoms with van der Waals surface area (Å²) >= 11 is 0. The minimum absolute atomic E-state index is 0.0559. The molecule has 3 fully saturated rings. The maximum absolute atomic E-state index is 12.0. The van der Waals surface area contributed by atoms with Crippen LogP contribution in [-0.2, 0) is 9.59 Å². The van der Waals surface area contributed by atoms with Crippen molar-refractivity contribution in [3.63, 3.8) is 0 Å². The van der Waals surface area contributed by atoms with Crippen LogP contribution in [0.25, 0.3) is 0 Å². The Hall–Kier alpha value is -1.20. The second kappa shape index (κ2) is 6.16. The van der Waals surface area contributed by atoms with Crippen molar-refractivity contribution in [2.75, 3.05) is 0 Å². The fraction of sp³-hybridized carbons (Fsp3) is 0.810. The highest BCUT2D eigenvalue weighted by molar-refractivity contribution is 5.92. The van der Waals surface area contributed by atoms with E-state index < -0.39 is 12.1 Å². The monoisotopic (exact) mass is 362 g/mol. The van der Waals surface area contributed by atoms with E-state index in [4.69, 9.17) is 0 Å². The van der Waals surface area contributed by atoms with Crippen molar-refractivity contribution in [2.24, 2.45) is 28.6 Å². The Bertz CT molecular complexity index is 655. The molecular formula is C21H30O5.